The van der Waals surface area contributed by atoms with E-state index >= 15 is 0 Å². The molecule has 0 rings (SSSR count). The first kappa shape index (κ1) is 17.9. The minimum atomic E-state index is -6.06. The van der Waals surface area contributed by atoms with Gasteiger partial charge in [0.1, 0.15) is 0 Å². The van der Waals surface area contributed by atoms with Crippen LogP contribution in [-0.4, -0.2) is 0 Å². The molecular weight excluding hydrogens is 746 g/mol. The van der Waals surface area contributed by atoms with Gasteiger partial charge in [0, 0.05) is 21.1 Å². The van der Waals surface area contributed by atoms with Gasteiger partial charge in [0.15, 0.2) is 0 Å². The average Bonchev–Trinajstić information content (AvgIpc) is 1.19. The maximum Gasteiger partial charge on any atom is 0 e. The molecule has 0 spiro atoms. The third kappa shape index (κ3) is 198. The molecule has 0 N–H and O–H groups in total. The van der Waals surface area contributed by atoms with Crippen LogP contribution in [0.5, 0.6) is 0 Å². The monoisotopic (exact) mass is 748 g/mol. The molecule has 0 saturated carbocycles. The molecule has 10 heteroatoms. The molecule has 0 aromatic carbocycles. The van der Waals surface area contributed by atoms with Crippen molar-refractivity contribution < 1.29 is 63.3 Å². The van der Waals surface area contributed by atoms with Crippen molar-refractivity contribution in [2.75, 3.05) is 0 Å². The zero-order chi connectivity index (χ0) is 8.08. The van der Waals surface area contributed by atoms with Gasteiger partial charge in [-0.05, 0) is 0 Å². The van der Waals surface area contributed by atoms with E-state index in [1.807, 2.05) is 0 Å². The third-order valence-corrected chi connectivity index (χ3v) is 0. The number of hydrogen-bond donors (Lipinski definition) is 0. The fraction of sp³-hybridized carbons (Fsp3) is 0. The van der Waals surface area contributed by atoms with Crippen molar-refractivity contribution in [2.24, 2.45) is 0 Å². The average molecular weight is 746 g/mol. The van der Waals surface area contributed by atoms with Crippen LogP contribution in [0.4, 0.5) is 0 Å². The Bertz CT molecular complexity index is 203. The van der Waals surface area contributed by atoms with Gasteiger partial charge in [-0.15, -0.1) is 0 Å². The van der Waals surface area contributed by atoms with Crippen molar-refractivity contribution in [3.63, 3.8) is 0 Å². The molecule has 10 heavy (non-hydrogen) atoms. The first-order valence-corrected chi connectivity index (χ1v) is 14.6. The summed E-state index contributed by atoms with van der Waals surface area (Å²) < 4.78 is 34.5. The Kier molecular flexibility index (Phi) is 16.4. The third-order valence-electron chi connectivity index (χ3n) is 0. The zero-order valence-corrected chi connectivity index (χ0v) is 13.4. The summed E-state index contributed by atoms with van der Waals surface area (Å²) in [6.45, 7) is 0. The molecule has 0 aromatic heterocycles. The van der Waals surface area contributed by atoms with Crippen LogP contribution in [0.1, 0.15) is 0 Å². The maximum atomic E-state index is 8.63. The number of rotatable bonds is 0. The molecule has 0 aliphatic carbocycles. The van der Waals surface area contributed by atoms with E-state index in [-0.39, 0.29) is 21.1 Å². The molecule has 0 amide bonds. The predicted octanol–water partition coefficient (Wildman–Crippen LogP) is 1.59. The molecule has 0 aromatic rings. The Hall–Kier alpha value is 2.03. The molecule has 0 unspecified atom stereocenters. The fourth-order valence-corrected chi connectivity index (χ4v) is 0. The van der Waals surface area contributed by atoms with Crippen LogP contribution in [0.25, 0.3) is 0 Å². The fourth-order valence-electron chi connectivity index (χ4n) is 0. The molecular formula is Cl3O4Os2Pt. The van der Waals surface area contributed by atoms with Crippen molar-refractivity contribution in [1.82, 2.24) is 0 Å². The summed E-state index contributed by atoms with van der Waals surface area (Å²) in [6, 6.07) is 0. The first-order valence-electron chi connectivity index (χ1n) is 0.978. The Balaban J connectivity index is -0.0000000910. The van der Waals surface area contributed by atoms with Crippen molar-refractivity contribution in [2.45, 2.75) is 0 Å². The van der Waals surface area contributed by atoms with Gasteiger partial charge in [0.05, 0.1) is 0 Å². The smallest absolute Gasteiger partial charge is 0 e. The Morgan fingerprint density at radius 1 is 0.900 bits per heavy atom. The van der Waals surface area contributed by atoms with E-state index in [1.165, 1.54) is 0 Å². The van der Waals surface area contributed by atoms with E-state index in [4.69, 9.17) is 43.1 Å². The predicted molar refractivity (Wildman–Crippen MR) is 20.3 cm³/mol. The van der Waals surface area contributed by atoms with Crippen molar-refractivity contribution in [3.8, 4) is 0 Å². The summed E-state index contributed by atoms with van der Waals surface area (Å²) in [5, 5.41) is 0. The van der Waals surface area contributed by atoms with Gasteiger partial charge in [-0.3, -0.25) is 0 Å². The van der Waals surface area contributed by atoms with Gasteiger partial charge >= 0.3 is 71.1 Å². The topological polar surface area (TPSA) is 68.3 Å². The second kappa shape index (κ2) is 9.12. The summed E-state index contributed by atoms with van der Waals surface area (Å²) in [4.78, 5) is 0. The molecule has 0 radical (unpaired) electrons. The van der Waals surface area contributed by atoms with Crippen molar-refractivity contribution in [1.29, 1.82) is 0 Å². The standard InChI is InChI=1S/3ClH.4O.2Os.Pt/h3*1H;;;;;;;/q;;;;;;;;+3;/p-3. The van der Waals surface area contributed by atoms with Gasteiger partial charge in [-0.25, -0.2) is 0 Å². The molecule has 0 atom stereocenters. The Morgan fingerprint density at radius 3 is 0.900 bits per heavy atom. The van der Waals surface area contributed by atoms with Crippen LogP contribution in [0, 0.1) is 0 Å². The van der Waals surface area contributed by atoms with Crippen LogP contribution in [0.3, 0.4) is 0 Å². The van der Waals surface area contributed by atoms with Crippen molar-refractivity contribution >= 4 is 28.9 Å². The molecule has 71 valence electrons. The summed E-state index contributed by atoms with van der Waals surface area (Å²) in [5.41, 5.74) is 0. The molecule has 0 aliphatic heterocycles. The second-order valence-corrected chi connectivity index (χ2v) is 14.1. The SMILES string of the molecule is [Cl][Os]([Cl])[Cl].[O]=[Os](=[O])(=[O])=[O].[Pt]. The van der Waals surface area contributed by atoms with Crippen LogP contribution >= 0.6 is 28.9 Å². The molecule has 0 bridgehead atoms. The van der Waals surface area contributed by atoms with Gasteiger partial charge in [0.25, 0.3) is 0 Å². The molecule has 0 fully saturated rings. The van der Waals surface area contributed by atoms with E-state index in [9.17, 15) is 0 Å². The van der Waals surface area contributed by atoms with Crippen LogP contribution in [0.2, 0.25) is 0 Å². The van der Waals surface area contributed by atoms with E-state index in [0.29, 0.717) is 0 Å². The van der Waals surface area contributed by atoms with E-state index < -0.39 is 28.1 Å². The van der Waals surface area contributed by atoms with E-state index in [2.05, 4.69) is 0 Å². The zero-order valence-electron chi connectivity index (χ0n) is 3.79. The largest absolute Gasteiger partial charge is 0 e. The minimum absolute atomic E-state index is 0. The molecule has 4 nitrogen and oxygen atoms in total. The molecule has 0 aliphatic rings. The summed E-state index contributed by atoms with van der Waals surface area (Å²) >= 11 is -8.04. The maximum absolute atomic E-state index is 8.63. The normalized spacial score (nSPS) is 10.1. The summed E-state index contributed by atoms with van der Waals surface area (Å²) in [7, 11) is 14.9. The van der Waals surface area contributed by atoms with Gasteiger partial charge < -0.3 is 0 Å². The molecule has 0 saturated heterocycles. The molecule has 0 heterocycles. The quantitative estimate of drug-likeness (QED) is 0.378. The van der Waals surface area contributed by atoms with Crippen LogP contribution < -0.4 is 0 Å². The Morgan fingerprint density at radius 2 is 0.900 bits per heavy atom. The second-order valence-electron chi connectivity index (χ2n) is 0.505. The minimum Gasteiger partial charge on any atom is 0 e. The summed E-state index contributed by atoms with van der Waals surface area (Å²) in [5.74, 6) is 0. The van der Waals surface area contributed by atoms with Crippen molar-refractivity contribution in [3.05, 3.63) is 0 Å². The van der Waals surface area contributed by atoms with Crippen LogP contribution in [0.15, 0.2) is 0 Å². The van der Waals surface area contributed by atoms with Crippen LogP contribution in [-0.2, 0) is 63.3 Å². The number of halogens is 3. The van der Waals surface area contributed by atoms with Gasteiger partial charge in [0.2, 0.25) is 0 Å². The van der Waals surface area contributed by atoms with Gasteiger partial charge in [-0.2, -0.15) is 0 Å². The van der Waals surface area contributed by atoms with Gasteiger partial charge in [-0.1, -0.05) is 0 Å². The Labute approximate surface area is 90.9 Å². The van der Waals surface area contributed by atoms with E-state index in [1.54, 1.807) is 0 Å². The first-order chi connectivity index (χ1) is 3.73. The van der Waals surface area contributed by atoms with E-state index in [0.717, 1.165) is 0 Å². The summed E-state index contributed by atoms with van der Waals surface area (Å²) in [6.07, 6.45) is 0. The number of hydrogen-bond acceptors (Lipinski definition) is 4.